The van der Waals surface area contributed by atoms with E-state index in [2.05, 4.69) is 15.6 Å². The Morgan fingerprint density at radius 2 is 1.97 bits per heavy atom. The summed E-state index contributed by atoms with van der Waals surface area (Å²) < 4.78 is 33.3. The number of benzene rings is 2. The molecule has 0 saturated carbocycles. The summed E-state index contributed by atoms with van der Waals surface area (Å²) in [6.07, 6.45) is 4.59. The lowest BCUT2D eigenvalue weighted by atomic mass is 10.1. The molecule has 7 nitrogen and oxygen atoms in total. The van der Waals surface area contributed by atoms with E-state index in [1.807, 2.05) is 50.4 Å². The van der Waals surface area contributed by atoms with Gasteiger partial charge in [-0.05, 0) is 67.6 Å². The third kappa shape index (κ3) is 3.99. The lowest BCUT2D eigenvalue weighted by Gasteiger charge is -2.12. The number of methoxy groups -OCH3 is 1. The number of aryl methyl sites for hydroxylation is 1. The van der Waals surface area contributed by atoms with Gasteiger partial charge in [0.25, 0.3) is 10.0 Å². The van der Waals surface area contributed by atoms with Crippen molar-refractivity contribution >= 4 is 32.3 Å². The molecule has 0 aliphatic rings. The third-order valence-corrected chi connectivity index (χ3v) is 6.78. The second-order valence-corrected chi connectivity index (χ2v) is 9.03. The molecule has 0 aliphatic heterocycles. The molecule has 0 fully saturated rings. The molecular weight excluding hydrogens is 412 g/mol. The number of pyridine rings is 1. The van der Waals surface area contributed by atoms with Gasteiger partial charge >= 0.3 is 0 Å². The highest BCUT2D eigenvalue weighted by molar-refractivity contribution is 7.90. The van der Waals surface area contributed by atoms with Crippen molar-refractivity contribution in [3.8, 4) is 5.75 Å². The maximum absolute atomic E-state index is 13.3. The Labute approximate surface area is 181 Å². The van der Waals surface area contributed by atoms with Crippen LogP contribution in [0.25, 0.3) is 10.9 Å². The Hall–Kier alpha value is -3.36. The lowest BCUT2D eigenvalue weighted by molar-refractivity contribution is 0.414. The highest BCUT2D eigenvalue weighted by atomic mass is 32.2. The zero-order valence-electron chi connectivity index (χ0n) is 17.6. The van der Waals surface area contributed by atoms with E-state index >= 15 is 0 Å². The number of fused-ring (bicyclic) bond motifs is 1. The smallest absolute Gasteiger partial charge is 0.269 e. The first-order valence-corrected chi connectivity index (χ1v) is 11.2. The van der Waals surface area contributed by atoms with Crippen molar-refractivity contribution in [3.63, 3.8) is 0 Å². The Bertz CT molecular complexity index is 1330. The van der Waals surface area contributed by atoms with E-state index < -0.39 is 10.0 Å². The van der Waals surface area contributed by atoms with Gasteiger partial charge in [-0.15, -0.1) is 0 Å². The van der Waals surface area contributed by atoms with Crippen LogP contribution in [-0.4, -0.2) is 31.5 Å². The van der Waals surface area contributed by atoms with E-state index in [4.69, 9.17) is 4.74 Å². The zero-order valence-corrected chi connectivity index (χ0v) is 18.4. The molecule has 2 N–H and O–H groups in total. The van der Waals surface area contributed by atoms with E-state index in [9.17, 15) is 8.42 Å². The second-order valence-electron chi connectivity index (χ2n) is 7.21. The summed E-state index contributed by atoms with van der Waals surface area (Å²) in [4.78, 5) is 4.12. The average molecular weight is 437 g/mol. The van der Waals surface area contributed by atoms with Gasteiger partial charge in [0.05, 0.1) is 12.6 Å². The van der Waals surface area contributed by atoms with Crippen molar-refractivity contribution in [1.29, 1.82) is 0 Å². The van der Waals surface area contributed by atoms with Crippen molar-refractivity contribution < 1.29 is 13.2 Å². The molecule has 0 amide bonds. The van der Waals surface area contributed by atoms with Gasteiger partial charge in [-0.1, -0.05) is 6.07 Å². The van der Waals surface area contributed by atoms with Gasteiger partial charge in [0.15, 0.2) is 0 Å². The first-order valence-electron chi connectivity index (χ1n) is 9.80. The number of nitrogens with zero attached hydrogens (tertiary/aromatic N) is 2. The van der Waals surface area contributed by atoms with Crippen molar-refractivity contribution in [3.05, 3.63) is 78.2 Å². The molecule has 31 heavy (non-hydrogen) atoms. The minimum atomic E-state index is -3.79. The molecular formula is C23H24N4O3S. The fraction of sp³-hybridized carbons (Fsp3) is 0.174. The molecule has 8 heteroatoms. The van der Waals surface area contributed by atoms with Gasteiger partial charge in [-0.2, -0.15) is 0 Å². The van der Waals surface area contributed by atoms with Gasteiger partial charge in [0.1, 0.15) is 10.6 Å². The van der Waals surface area contributed by atoms with E-state index in [1.54, 1.807) is 31.6 Å². The molecule has 160 valence electrons. The van der Waals surface area contributed by atoms with Crippen LogP contribution < -0.4 is 15.4 Å². The van der Waals surface area contributed by atoms with Gasteiger partial charge in [0.2, 0.25) is 0 Å². The standard InChI is InChI=1S/C23H24N4O3S/c1-16-11-19(30-3)7-9-22(16)26-18-6-8-21-17(13-24-2)15-27(23(21)12-18)31(28,29)20-5-4-10-25-14-20/h4-12,14-15,24,26H,13H2,1-3H3. The second kappa shape index (κ2) is 8.41. The highest BCUT2D eigenvalue weighted by Gasteiger charge is 2.21. The Kier molecular flexibility index (Phi) is 5.67. The normalized spacial score (nSPS) is 11.6. The highest BCUT2D eigenvalue weighted by Crippen LogP contribution is 2.31. The lowest BCUT2D eigenvalue weighted by Crippen LogP contribution is -2.12. The maximum Gasteiger partial charge on any atom is 0.269 e. The van der Waals surface area contributed by atoms with Crippen LogP contribution in [0.2, 0.25) is 0 Å². The number of aromatic nitrogens is 2. The van der Waals surface area contributed by atoms with Crippen LogP contribution in [-0.2, 0) is 16.6 Å². The van der Waals surface area contributed by atoms with Gasteiger partial charge in [-0.3, -0.25) is 4.98 Å². The zero-order chi connectivity index (χ0) is 22.0. The van der Waals surface area contributed by atoms with Crippen LogP contribution in [0.1, 0.15) is 11.1 Å². The SMILES string of the molecule is CNCc1cn(S(=O)(=O)c2cccnc2)c2cc(Nc3ccc(OC)cc3C)ccc12. The molecule has 2 heterocycles. The van der Waals surface area contributed by atoms with Crippen LogP contribution in [0.15, 0.2) is 72.0 Å². The minimum absolute atomic E-state index is 0.146. The van der Waals surface area contributed by atoms with Crippen LogP contribution in [0, 0.1) is 6.92 Å². The minimum Gasteiger partial charge on any atom is -0.497 e. The molecule has 4 aromatic rings. The molecule has 0 spiro atoms. The van der Waals surface area contributed by atoms with Crippen molar-refractivity contribution in [2.75, 3.05) is 19.5 Å². The molecule has 4 rings (SSSR count). The Morgan fingerprint density at radius 1 is 1.13 bits per heavy atom. The fourth-order valence-electron chi connectivity index (χ4n) is 3.55. The molecule has 0 bridgehead atoms. The van der Waals surface area contributed by atoms with Gasteiger partial charge < -0.3 is 15.4 Å². The number of rotatable bonds is 7. The van der Waals surface area contributed by atoms with Crippen LogP contribution in [0.5, 0.6) is 5.75 Å². The molecule has 0 saturated heterocycles. The predicted molar refractivity (Wildman–Crippen MR) is 123 cm³/mol. The van der Waals surface area contributed by atoms with E-state index in [0.717, 1.165) is 33.6 Å². The largest absolute Gasteiger partial charge is 0.497 e. The molecule has 0 unspecified atom stereocenters. The molecule has 0 aliphatic carbocycles. The Morgan fingerprint density at radius 3 is 2.65 bits per heavy atom. The average Bonchev–Trinajstić information content (AvgIpc) is 3.14. The Balaban J connectivity index is 1.82. The van der Waals surface area contributed by atoms with Crippen LogP contribution in [0.4, 0.5) is 11.4 Å². The van der Waals surface area contributed by atoms with Crippen LogP contribution >= 0.6 is 0 Å². The summed E-state index contributed by atoms with van der Waals surface area (Å²) in [5.74, 6) is 0.784. The number of hydrogen-bond acceptors (Lipinski definition) is 6. The number of ether oxygens (including phenoxy) is 1. The quantitative estimate of drug-likeness (QED) is 0.455. The van der Waals surface area contributed by atoms with E-state index in [0.29, 0.717) is 12.1 Å². The molecule has 0 radical (unpaired) electrons. The number of anilines is 2. The van der Waals surface area contributed by atoms with E-state index in [-0.39, 0.29) is 4.90 Å². The maximum atomic E-state index is 13.3. The predicted octanol–water partition coefficient (Wildman–Crippen LogP) is 4.05. The first-order chi connectivity index (χ1) is 14.9. The molecule has 2 aromatic heterocycles. The first kappa shape index (κ1) is 20.9. The summed E-state index contributed by atoms with van der Waals surface area (Å²) in [7, 11) is -0.319. The number of hydrogen-bond donors (Lipinski definition) is 2. The van der Waals surface area contributed by atoms with E-state index in [1.165, 1.54) is 10.2 Å². The van der Waals surface area contributed by atoms with Crippen molar-refractivity contribution in [1.82, 2.24) is 14.3 Å². The molecule has 0 atom stereocenters. The number of nitrogens with one attached hydrogen (secondary N) is 2. The van der Waals surface area contributed by atoms with Gasteiger partial charge in [-0.25, -0.2) is 12.4 Å². The summed E-state index contributed by atoms with van der Waals surface area (Å²) in [5.41, 5.74) is 4.23. The summed E-state index contributed by atoms with van der Waals surface area (Å²) in [6.45, 7) is 2.54. The van der Waals surface area contributed by atoms with Crippen molar-refractivity contribution in [2.24, 2.45) is 0 Å². The van der Waals surface area contributed by atoms with Gasteiger partial charge in [0, 0.05) is 41.9 Å². The monoisotopic (exact) mass is 436 g/mol. The third-order valence-electron chi connectivity index (χ3n) is 5.13. The van der Waals surface area contributed by atoms with Crippen LogP contribution in [0.3, 0.4) is 0 Å². The summed E-state index contributed by atoms with van der Waals surface area (Å²) >= 11 is 0. The van der Waals surface area contributed by atoms with Crippen molar-refractivity contribution in [2.45, 2.75) is 18.4 Å². The topological polar surface area (TPSA) is 85.2 Å². The summed E-state index contributed by atoms with van der Waals surface area (Å²) in [6, 6.07) is 14.7. The molecule has 2 aromatic carbocycles. The fourth-order valence-corrected chi connectivity index (χ4v) is 4.89. The summed E-state index contributed by atoms with van der Waals surface area (Å²) in [5, 5.41) is 7.36.